The Labute approximate surface area is 133 Å². The number of carbonyl (C=O) groups excluding carboxylic acids is 2. The average Bonchev–Trinajstić information content (AvgIpc) is 3.05. The van der Waals surface area contributed by atoms with Gasteiger partial charge >= 0.3 is 11.9 Å². The van der Waals surface area contributed by atoms with E-state index in [2.05, 4.69) is 0 Å². The largest absolute Gasteiger partial charge is 0.466 e. The quantitative estimate of drug-likeness (QED) is 0.801. The summed E-state index contributed by atoms with van der Waals surface area (Å²) in [5, 5.41) is 1.92. The third kappa shape index (κ3) is 2.54. The minimum Gasteiger partial charge on any atom is -0.466 e. The minimum absolute atomic E-state index is 0.434. The fourth-order valence-corrected chi connectivity index (χ4v) is 3.51. The Morgan fingerprint density at radius 2 is 1.59 bits per heavy atom. The van der Waals surface area contributed by atoms with Crippen LogP contribution >= 0.6 is 11.3 Å². The van der Waals surface area contributed by atoms with Crippen molar-refractivity contribution in [3.63, 3.8) is 0 Å². The first-order chi connectivity index (χ1) is 10.4. The van der Waals surface area contributed by atoms with Gasteiger partial charge in [0.05, 0.1) is 31.3 Å². The highest BCUT2D eigenvalue weighted by atomic mass is 32.1. The minimum atomic E-state index is -0.462. The highest BCUT2D eigenvalue weighted by Crippen LogP contribution is 2.43. The zero-order chi connectivity index (χ0) is 16.4. The maximum atomic E-state index is 12.3. The predicted molar refractivity (Wildman–Crippen MR) is 84.3 cm³/mol. The smallest absolute Gasteiger partial charge is 0.336 e. The molecule has 0 radical (unpaired) electrons. The fraction of sp³-hybridized carbons (Fsp3) is 0.375. The molecule has 0 saturated heterocycles. The molecule has 0 atom stereocenters. The summed E-state index contributed by atoms with van der Waals surface area (Å²) in [5.74, 6) is -1.33. The number of allylic oxidation sites excluding steroid dienone is 2. The summed E-state index contributed by atoms with van der Waals surface area (Å²) in [5.41, 5.74) is 2.49. The number of rotatable bonds is 3. The van der Waals surface area contributed by atoms with E-state index < -0.39 is 17.9 Å². The Morgan fingerprint density at radius 3 is 1.95 bits per heavy atom. The number of hydrogen-bond donors (Lipinski definition) is 0. The first-order valence-corrected chi connectivity index (χ1v) is 7.67. The Kier molecular flexibility index (Phi) is 4.71. The summed E-state index contributed by atoms with van der Waals surface area (Å²) in [4.78, 5) is 27.4. The maximum absolute atomic E-state index is 12.3. The first-order valence-electron chi connectivity index (χ1n) is 6.79. The van der Waals surface area contributed by atoms with Crippen molar-refractivity contribution in [2.75, 3.05) is 21.3 Å². The number of carbonyl (C=O) groups is 2. The number of nitrogens with zero attached hydrogens (tertiary/aromatic N) is 1. The standard InChI is InChI=1S/C16H19NO4S/c1-9-12(15(18)20-4)14(11-7-6-8-22-11)13(16(19)21-5)10(2)17(9)3/h6-8,14H,1-5H3. The van der Waals surface area contributed by atoms with Crippen molar-refractivity contribution < 1.29 is 19.1 Å². The van der Waals surface area contributed by atoms with Crippen LogP contribution in [-0.2, 0) is 19.1 Å². The van der Waals surface area contributed by atoms with Gasteiger partial charge in [0.25, 0.3) is 0 Å². The normalized spacial score (nSPS) is 16.1. The van der Waals surface area contributed by atoms with Crippen molar-refractivity contribution in [1.82, 2.24) is 4.90 Å². The third-order valence-corrected chi connectivity index (χ3v) is 4.94. The van der Waals surface area contributed by atoms with E-state index in [0.29, 0.717) is 11.1 Å². The average molecular weight is 321 g/mol. The zero-order valence-electron chi connectivity index (χ0n) is 13.3. The highest BCUT2D eigenvalue weighted by Gasteiger charge is 2.39. The summed E-state index contributed by atoms with van der Waals surface area (Å²) < 4.78 is 9.88. The van der Waals surface area contributed by atoms with Gasteiger partial charge in [-0.1, -0.05) is 6.07 Å². The number of thiophene rings is 1. The summed E-state index contributed by atoms with van der Waals surface area (Å²) in [6.45, 7) is 3.70. The van der Waals surface area contributed by atoms with Crippen molar-refractivity contribution in [2.45, 2.75) is 19.8 Å². The van der Waals surface area contributed by atoms with E-state index in [9.17, 15) is 9.59 Å². The number of hydrogen-bond acceptors (Lipinski definition) is 6. The number of esters is 2. The van der Waals surface area contributed by atoms with Crippen molar-refractivity contribution >= 4 is 23.3 Å². The van der Waals surface area contributed by atoms with Gasteiger partial charge in [0.1, 0.15) is 0 Å². The summed E-state index contributed by atoms with van der Waals surface area (Å²) in [7, 11) is 4.51. The van der Waals surface area contributed by atoms with Crippen LogP contribution in [0.15, 0.2) is 40.1 Å². The molecule has 0 N–H and O–H groups in total. The van der Waals surface area contributed by atoms with E-state index in [0.717, 1.165) is 16.3 Å². The van der Waals surface area contributed by atoms with Crippen molar-refractivity contribution in [3.05, 3.63) is 44.9 Å². The Hall–Kier alpha value is -2.08. The lowest BCUT2D eigenvalue weighted by atomic mass is 9.83. The van der Waals surface area contributed by atoms with Gasteiger partial charge in [0.15, 0.2) is 0 Å². The topological polar surface area (TPSA) is 55.8 Å². The molecule has 0 fully saturated rings. The number of ether oxygens (including phenoxy) is 2. The van der Waals surface area contributed by atoms with E-state index in [1.54, 1.807) is 0 Å². The van der Waals surface area contributed by atoms with Crippen LogP contribution in [0, 0.1) is 0 Å². The molecule has 2 rings (SSSR count). The SMILES string of the molecule is COC(=O)C1=C(C)N(C)C(C)=C(C(=O)OC)C1c1cccs1. The third-order valence-electron chi connectivity index (χ3n) is 4.00. The molecule has 1 aliphatic rings. The van der Waals surface area contributed by atoms with Gasteiger partial charge in [-0.2, -0.15) is 0 Å². The van der Waals surface area contributed by atoms with Crippen LogP contribution in [0.3, 0.4) is 0 Å². The van der Waals surface area contributed by atoms with Crippen LogP contribution in [0.25, 0.3) is 0 Å². The summed E-state index contributed by atoms with van der Waals surface area (Å²) in [6.07, 6.45) is 0. The molecule has 0 aliphatic carbocycles. The zero-order valence-corrected chi connectivity index (χ0v) is 14.1. The van der Waals surface area contributed by atoms with Crippen LogP contribution in [0.4, 0.5) is 0 Å². The molecule has 0 bridgehead atoms. The van der Waals surface area contributed by atoms with Gasteiger partial charge in [0.2, 0.25) is 0 Å². The van der Waals surface area contributed by atoms with Crippen LogP contribution in [-0.4, -0.2) is 38.1 Å². The molecular formula is C16H19NO4S. The van der Waals surface area contributed by atoms with Crippen molar-refractivity contribution in [3.8, 4) is 0 Å². The second kappa shape index (κ2) is 6.36. The summed E-state index contributed by atoms with van der Waals surface area (Å²) in [6, 6.07) is 3.81. The molecular weight excluding hydrogens is 302 g/mol. The predicted octanol–water partition coefficient (Wildman–Crippen LogP) is 2.67. The lowest BCUT2D eigenvalue weighted by Crippen LogP contribution is -2.32. The molecule has 6 heteroatoms. The molecule has 1 aromatic rings. The van der Waals surface area contributed by atoms with Gasteiger partial charge in [-0.15, -0.1) is 11.3 Å². The molecule has 0 aromatic carbocycles. The van der Waals surface area contributed by atoms with Gasteiger partial charge in [0, 0.05) is 23.3 Å². The first kappa shape index (κ1) is 16.3. The van der Waals surface area contributed by atoms with E-state index >= 15 is 0 Å². The van der Waals surface area contributed by atoms with Gasteiger partial charge in [-0.3, -0.25) is 0 Å². The fourth-order valence-electron chi connectivity index (χ4n) is 2.67. The molecule has 0 spiro atoms. The molecule has 0 saturated carbocycles. The highest BCUT2D eigenvalue weighted by molar-refractivity contribution is 7.10. The van der Waals surface area contributed by atoms with Gasteiger partial charge < -0.3 is 14.4 Å². The van der Waals surface area contributed by atoms with Gasteiger partial charge in [-0.25, -0.2) is 9.59 Å². The van der Waals surface area contributed by atoms with Gasteiger partial charge in [-0.05, 0) is 25.3 Å². The molecule has 2 heterocycles. The van der Waals surface area contributed by atoms with Crippen LogP contribution in [0.2, 0.25) is 0 Å². The van der Waals surface area contributed by atoms with Crippen molar-refractivity contribution in [2.24, 2.45) is 0 Å². The molecule has 0 amide bonds. The molecule has 118 valence electrons. The monoisotopic (exact) mass is 321 g/mol. The lowest BCUT2D eigenvalue weighted by molar-refractivity contribution is -0.137. The van der Waals surface area contributed by atoms with Crippen LogP contribution in [0.1, 0.15) is 24.6 Å². The van der Waals surface area contributed by atoms with E-state index in [1.807, 2.05) is 43.3 Å². The lowest BCUT2D eigenvalue weighted by Gasteiger charge is -2.34. The molecule has 1 aliphatic heterocycles. The van der Waals surface area contributed by atoms with Crippen molar-refractivity contribution in [1.29, 1.82) is 0 Å². The number of methoxy groups -OCH3 is 2. The Morgan fingerprint density at radius 1 is 1.09 bits per heavy atom. The molecule has 0 unspecified atom stereocenters. The summed E-state index contributed by atoms with van der Waals surface area (Å²) >= 11 is 1.50. The van der Waals surface area contributed by atoms with E-state index in [1.165, 1.54) is 25.6 Å². The maximum Gasteiger partial charge on any atom is 0.336 e. The van der Waals surface area contributed by atoms with E-state index in [4.69, 9.17) is 9.47 Å². The molecule has 22 heavy (non-hydrogen) atoms. The van der Waals surface area contributed by atoms with Crippen LogP contribution in [0.5, 0.6) is 0 Å². The molecule has 1 aromatic heterocycles. The Balaban J connectivity index is 2.71. The Bertz CT molecular complexity index is 618. The second-order valence-corrected chi connectivity index (χ2v) is 5.97. The van der Waals surface area contributed by atoms with Crippen LogP contribution < -0.4 is 0 Å². The molecule has 5 nitrogen and oxygen atoms in total. The van der Waals surface area contributed by atoms with E-state index in [-0.39, 0.29) is 0 Å². The second-order valence-electron chi connectivity index (χ2n) is 4.99.